The van der Waals surface area contributed by atoms with E-state index in [4.69, 9.17) is 16.0 Å². The fourth-order valence-corrected chi connectivity index (χ4v) is 2.83. The molecule has 1 fully saturated rings. The molecule has 1 heterocycles. The molecule has 0 radical (unpaired) electrons. The van der Waals surface area contributed by atoms with E-state index in [1.54, 1.807) is 13.1 Å². The molecule has 1 aromatic heterocycles. The lowest BCUT2D eigenvalue weighted by Crippen LogP contribution is -2.28. The van der Waals surface area contributed by atoms with E-state index in [2.05, 4.69) is 0 Å². The first kappa shape index (κ1) is 11.0. The predicted octanol–water partition coefficient (Wildman–Crippen LogP) is 1.80. The quantitative estimate of drug-likeness (QED) is 0.765. The molecule has 1 saturated carbocycles. The van der Waals surface area contributed by atoms with Gasteiger partial charge in [0.15, 0.2) is 0 Å². The molecule has 0 atom stereocenters. The molecule has 0 amide bonds. The molecule has 0 unspecified atom stereocenters. The van der Waals surface area contributed by atoms with Crippen LogP contribution in [-0.2, 0) is 15.9 Å². The third-order valence-electron chi connectivity index (χ3n) is 2.46. The second kappa shape index (κ2) is 3.81. The lowest BCUT2D eigenvalue weighted by atomic mass is 10.5. The van der Waals surface area contributed by atoms with Gasteiger partial charge in [0.25, 0.3) is 10.0 Å². The largest absolute Gasteiger partial charge is 0.447 e. The summed E-state index contributed by atoms with van der Waals surface area (Å²) in [6, 6.07) is 3.17. The zero-order chi connectivity index (χ0) is 11.1. The van der Waals surface area contributed by atoms with Crippen molar-refractivity contribution in [3.8, 4) is 0 Å². The Bertz CT molecular complexity index is 450. The van der Waals surface area contributed by atoms with E-state index in [0.717, 1.165) is 12.8 Å². The monoisotopic (exact) mass is 249 g/mol. The van der Waals surface area contributed by atoms with Crippen molar-refractivity contribution in [3.63, 3.8) is 0 Å². The maximum absolute atomic E-state index is 11.9. The summed E-state index contributed by atoms with van der Waals surface area (Å²) < 4.78 is 30.4. The summed E-state index contributed by atoms with van der Waals surface area (Å²) in [5.74, 6) is 0.655. The molecule has 6 heteroatoms. The van der Waals surface area contributed by atoms with Crippen LogP contribution in [0.4, 0.5) is 0 Å². The van der Waals surface area contributed by atoms with Crippen LogP contribution in [0.3, 0.4) is 0 Å². The van der Waals surface area contributed by atoms with Gasteiger partial charge in [-0.1, -0.05) is 0 Å². The van der Waals surface area contributed by atoms with E-state index < -0.39 is 10.0 Å². The van der Waals surface area contributed by atoms with E-state index in [1.165, 1.54) is 10.4 Å². The summed E-state index contributed by atoms with van der Waals surface area (Å²) in [4.78, 5) is 0. The highest BCUT2D eigenvalue weighted by molar-refractivity contribution is 7.89. The Hall–Kier alpha value is -0.520. The SMILES string of the molecule is CN(C1CC1)S(=O)(=O)c1ccc(CCl)o1. The Kier molecular flexibility index (Phi) is 2.79. The molecule has 1 aromatic rings. The molecule has 2 rings (SSSR count). The second-order valence-electron chi connectivity index (χ2n) is 3.61. The molecule has 0 saturated heterocycles. The molecule has 0 spiro atoms. The van der Waals surface area contributed by atoms with Crippen molar-refractivity contribution >= 4 is 21.6 Å². The normalized spacial score (nSPS) is 17.3. The average Bonchev–Trinajstić information content (AvgIpc) is 2.93. The highest BCUT2D eigenvalue weighted by Gasteiger charge is 2.36. The van der Waals surface area contributed by atoms with Gasteiger partial charge in [-0.3, -0.25) is 0 Å². The summed E-state index contributed by atoms with van der Waals surface area (Å²) in [5.41, 5.74) is 0. The minimum Gasteiger partial charge on any atom is -0.447 e. The van der Waals surface area contributed by atoms with E-state index in [-0.39, 0.29) is 17.0 Å². The van der Waals surface area contributed by atoms with Crippen molar-refractivity contribution in [3.05, 3.63) is 17.9 Å². The number of furan rings is 1. The third-order valence-corrected chi connectivity index (χ3v) is 4.51. The molecule has 4 nitrogen and oxygen atoms in total. The van der Waals surface area contributed by atoms with Gasteiger partial charge in [-0.15, -0.1) is 11.6 Å². The average molecular weight is 250 g/mol. The van der Waals surface area contributed by atoms with Gasteiger partial charge in [-0.2, -0.15) is 4.31 Å². The Balaban J connectivity index is 2.27. The van der Waals surface area contributed by atoms with Gasteiger partial charge >= 0.3 is 0 Å². The van der Waals surface area contributed by atoms with Crippen LogP contribution in [0.2, 0.25) is 0 Å². The van der Waals surface area contributed by atoms with Crippen LogP contribution in [0.25, 0.3) is 0 Å². The van der Waals surface area contributed by atoms with Gasteiger partial charge in [0.2, 0.25) is 5.09 Å². The molecule has 84 valence electrons. The van der Waals surface area contributed by atoms with Gasteiger partial charge in [-0.05, 0) is 25.0 Å². The van der Waals surface area contributed by atoms with Gasteiger partial charge in [-0.25, -0.2) is 8.42 Å². The zero-order valence-electron chi connectivity index (χ0n) is 8.31. The second-order valence-corrected chi connectivity index (χ2v) is 5.80. The standard InChI is InChI=1S/C9H12ClNO3S/c1-11(7-2-3-7)15(12,13)9-5-4-8(6-10)14-9/h4-5,7H,2-3,6H2,1H3. The fourth-order valence-electron chi connectivity index (χ4n) is 1.35. The Morgan fingerprint density at radius 2 is 2.20 bits per heavy atom. The van der Waals surface area contributed by atoms with Crippen LogP contribution in [0, 0.1) is 0 Å². The molecule has 1 aliphatic rings. The Morgan fingerprint density at radius 1 is 1.53 bits per heavy atom. The van der Waals surface area contributed by atoms with Gasteiger partial charge in [0, 0.05) is 13.1 Å². The highest BCUT2D eigenvalue weighted by atomic mass is 35.5. The minimum absolute atomic E-state index is 0.0208. The molecule has 0 aliphatic heterocycles. The van der Waals surface area contributed by atoms with Crippen LogP contribution in [0.1, 0.15) is 18.6 Å². The smallest absolute Gasteiger partial charge is 0.276 e. The summed E-state index contributed by atoms with van der Waals surface area (Å²) in [7, 11) is -1.88. The van der Waals surface area contributed by atoms with E-state index >= 15 is 0 Å². The van der Waals surface area contributed by atoms with Gasteiger partial charge in [0.05, 0.1) is 5.88 Å². The number of hydrogen-bond acceptors (Lipinski definition) is 3. The predicted molar refractivity (Wildman–Crippen MR) is 56.2 cm³/mol. The van der Waals surface area contributed by atoms with Crippen LogP contribution in [-0.4, -0.2) is 25.8 Å². The number of hydrogen-bond donors (Lipinski definition) is 0. The molecule has 0 aromatic carbocycles. The topological polar surface area (TPSA) is 50.5 Å². The molecule has 0 bridgehead atoms. The number of nitrogens with zero attached hydrogens (tertiary/aromatic N) is 1. The Morgan fingerprint density at radius 3 is 2.67 bits per heavy atom. The van der Waals surface area contributed by atoms with Crippen molar-refractivity contribution in [1.29, 1.82) is 0 Å². The first-order chi connectivity index (χ1) is 7.05. The van der Waals surface area contributed by atoms with Crippen molar-refractivity contribution in [2.45, 2.75) is 29.9 Å². The van der Waals surface area contributed by atoms with Crippen molar-refractivity contribution < 1.29 is 12.8 Å². The maximum Gasteiger partial charge on any atom is 0.276 e. The number of sulfonamides is 1. The fraction of sp³-hybridized carbons (Fsp3) is 0.556. The third kappa shape index (κ3) is 2.04. The van der Waals surface area contributed by atoms with E-state index in [1.807, 2.05) is 0 Å². The maximum atomic E-state index is 11.9. The number of rotatable bonds is 4. The molecule has 1 aliphatic carbocycles. The van der Waals surface area contributed by atoms with E-state index in [9.17, 15) is 8.42 Å². The van der Waals surface area contributed by atoms with Crippen molar-refractivity contribution in [2.75, 3.05) is 7.05 Å². The number of alkyl halides is 1. The molecular weight excluding hydrogens is 238 g/mol. The highest BCUT2D eigenvalue weighted by Crippen LogP contribution is 2.30. The summed E-state index contributed by atoms with van der Waals surface area (Å²) in [6.07, 6.45) is 1.86. The minimum atomic E-state index is -3.46. The van der Waals surface area contributed by atoms with Gasteiger partial charge in [0.1, 0.15) is 5.76 Å². The number of halogens is 1. The molecule has 0 N–H and O–H groups in total. The summed E-state index contributed by atoms with van der Waals surface area (Å²) in [6.45, 7) is 0. The molecular formula is C9H12ClNO3S. The lowest BCUT2D eigenvalue weighted by Gasteiger charge is -2.13. The summed E-state index contributed by atoms with van der Waals surface area (Å²) in [5, 5.41) is -0.0208. The van der Waals surface area contributed by atoms with Crippen molar-refractivity contribution in [1.82, 2.24) is 4.31 Å². The van der Waals surface area contributed by atoms with Crippen LogP contribution < -0.4 is 0 Å². The van der Waals surface area contributed by atoms with Crippen molar-refractivity contribution in [2.24, 2.45) is 0 Å². The van der Waals surface area contributed by atoms with E-state index in [0.29, 0.717) is 5.76 Å². The van der Waals surface area contributed by atoms with Crippen LogP contribution >= 0.6 is 11.6 Å². The van der Waals surface area contributed by atoms with Gasteiger partial charge < -0.3 is 4.42 Å². The zero-order valence-corrected chi connectivity index (χ0v) is 9.88. The lowest BCUT2D eigenvalue weighted by molar-refractivity contribution is 0.392. The first-order valence-corrected chi connectivity index (χ1v) is 6.66. The first-order valence-electron chi connectivity index (χ1n) is 4.68. The van der Waals surface area contributed by atoms with Crippen LogP contribution in [0.15, 0.2) is 21.6 Å². The van der Waals surface area contributed by atoms with Crippen LogP contribution in [0.5, 0.6) is 0 Å². The molecule has 15 heavy (non-hydrogen) atoms. The summed E-state index contributed by atoms with van der Waals surface area (Å²) >= 11 is 5.54. The Labute approximate surface area is 93.9 Å².